The minimum absolute atomic E-state index is 0.00975. The quantitative estimate of drug-likeness (QED) is 0.265. The molecule has 0 amide bonds. The lowest BCUT2D eigenvalue weighted by Gasteiger charge is -2.11. The van der Waals surface area contributed by atoms with Gasteiger partial charge in [-0.3, -0.25) is 0 Å². The second-order valence-electron chi connectivity index (χ2n) is 7.28. The van der Waals surface area contributed by atoms with Crippen LogP contribution in [-0.2, 0) is 10.9 Å². The Labute approximate surface area is 207 Å². The van der Waals surface area contributed by atoms with Gasteiger partial charge in [-0.2, -0.15) is 0 Å². The highest BCUT2D eigenvalue weighted by molar-refractivity contribution is 7.99. The van der Waals surface area contributed by atoms with Crippen LogP contribution in [0.3, 0.4) is 0 Å². The smallest absolute Gasteiger partial charge is 0.166 e. The van der Waals surface area contributed by atoms with Crippen molar-refractivity contribution in [3.8, 4) is 11.5 Å². The molecule has 0 saturated heterocycles. The van der Waals surface area contributed by atoms with Crippen molar-refractivity contribution in [1.82, 2.24) is 0 Å². The van der Waals surface area contributed by atoms with Crippen LogP contribution in [0.4, 0.5) is 0 Å². The fourth-order valence-electron chi connectivity index (χ4n) is 3.35. The van der Waals surface area contributed by atoms with Crippen molar-refractivity contribution in [3.05, 3.63) is 103 Å². The summed E-state index contributed by atoms with van der Waals surface area (Å²) in [7, 11) is -0.316. The second kappa shape index (κ2) is 12.5. The molecule has 6 heteroatoms. The van der Waals surface area contributed by atoms with Gasteiger partial charge < -0.3 is 19.7 Å². The van der Waals surface area contributed by atoms with Crippen molar-refractivity contribution >= 4 is 22.7 Å². The molecule has 0 fully saturated rings. The van der Waals surface area contributed by atoms with Crippen molar-refractivity contribution in [2.75, 3.05) is 26.4 Å². The average molecular weight is 492 g/mol. The van der Waals surface area contributed by atoms with Crippen LogP contribution in [0.2, 0.25) is 0 Å². The normalized spacial score (nSPS) is 10.9. The van der Waals surface area contributed by atoms with Gasteiger partial charge in [0.2, 0.25) is 0 Å². The van der Waals surface area contributed by atoms with E-state index in [9.17, 15) is 0 Å². The highest BCUT2D eigenvalue weighted by Crippen LogP contribution is 2.35. The zero-order valence-electron chi connectivity index (χ0n) is 18.7. The molecule has 0 heterocycles. The number of benzene rings is 4. The summed E-state index contributed by atoms with van der Waals surface area (Å²) >= 11 is 1.75. The second-order valence-corrected chi connectivity index (χ2v) is 10.5. The number of hydrogen-bond acceptors (Lipinski definition) is 5. The van der Waals surface area contributed by atoms with Crippen molar-refractivity contribution in [2.24, 2.45) is 0 Å². The van der Waals surface area contributed by atoms with E-state index >= 15 is 0 Å². The van der Waals surface area contributed by atoms with Gasteiger partial charge >= 0.3 is 0 Å². The molecule has 0 bridgehead atoms. The molecule has 0 spiro atoms. The highest BCUT2D eigenvalue weighted by Gasteiger charge is 2.29. The van der Waals surface area contributed by atoms with Crippen LogP contribution in [0.25, 0.3) is 0 Å². The van der Waals surface area contributed by atoms with Gasteiger partial charge in [-0.15, -0.1) is 0 Å². The van der Waals surface area contributed by atoms with Crippen LogP contribution < -0.4 is 9.47 Å². The Kier molecular flexibility index (Phi) is 8.93. The molecule has 0 aliphatic rings. The topological polar surface area (TPSA) is 58.9 Å². The number of rotatable bonds is 11. The minimum atomic E-state index is -0.316. The Bertz CT molecular complexity index is 1080. The van der Waals surface area contributed by atoms with Gasteiger partial charge in [0.15, 0.2) is 14.7 Å². The van der Waals surface area contributed by atoms with Crippen LogP contribution in [0.1, 0.15) is 0 Å². The Balaban J connectivity index is 1.62. The molecule has 0 saturated carbocycles. The van der Waals surface area contributed by atoms with Crippen LogP contribution in [0.5, 0.6) is 11.5 Å². The van der Waals surface area contributed by atoms with E-state index in [2.05, 4.69) is 72.8 Å². The molecule has 2 N–H and O–H groups in total. The van der Waals surface area contributed by atoms with Gasteiger partial charge in [0, 0.05) is 9.79 Å². The highest BCUT2D eigenvalue weighted by atomic mass is 32.2. The molecule has 0 aromatic heterocycles. The van der Waals surface area contributed by atoms with Gasteiger partial charge in [0.05, 0.1) is 24.1 Å². The minimum Gasteiger partial charge on any atom is -0.491 e. The molecule has 4 nitrogen and oxygen atoms in total. The van der Waals surface area contributed by atoms with Crippen LogP contribution in [0.15, 0.2) is 128 Å². The molecule has 4 aromatic rings. The van der Waals surface area contributed by atoms with Crippen molar-refractivity contribution in [2.45, 2.75) is 24.5 Å². The first-order valence-electron chi connectivity index (χ1n) is 11.0. The summed E-state index contributed by atoms with van der Waals surface area (Å²) in [6, 6.07) is 35.2. The zero-order valence-corrected chi connectivity index (χ0v) is 20.3. The number of aliphatic hydroxyl groups excluding tert-OH is 2. The SMILES string of the molecule is OCCOc1ccc([S+](c2ccc(OCCO)cc2)c2ccc(Sc3ccccc3)cc2)cc1. The van der Waals surface area contributed by atoms with E-state index in [1.807, 2.05) is 30.3 Å². The molecule has 34 heavy (non-hydrogen) atoms. The Morgan fingerprint density at radius 1 is 0.529 bits per heavy atom. The maximum absolute atomic E-state index is 9.01. The number of hydrogen-bond donors (Lipinski definition) is 2. The Hall–Kier alpha value is -2.90. The molecule has 0 unspecified atom stereocenters. The summed E-state index contributed by atoms with van der Waals surface area (Å²) in [6.45, 7) is 0.538. The van der Waals surface area contributed by atoms with Crippen LogP contribution in [-0.4, -0.2) is 36.6 Å². The first kappa shape index (κ1) is 24.2. The lowest BCUT2D eigenvalue weighted by atomic mass is 10.3. The summed E-state index contributed by atoms with van der Waals surface area (Å²) < 4.78 is 11.1. The lowest BCUT2D eigenvalue weighted by molar-refractivity contribution is 0.201. The summed E-state index contributed by atoms with van der Waals surface area (Å²) in [6.07, 6.45) is 0. The van der Waals surface area contributed by atoms with E-state index in [0.717, 1.165) is 11.5 Å². The zero-order chi connectivity index (χ0) is 23.6. The summed E-state index contributed by atoms with van der Waals surface area (Å²) in [5.41, 5.74) is 0. The first-order chi connectivity index (χ1) is 16.8. The molecule has 0 radical (unpaired) electrons. The van der Waals surface area contributed by atoms with E-state index in [0.29, 0.717) is 0 Å². The fourth-order valence-corrected chi connectivity index (χ4v) is 6.23. The third-order valence-electron chi connectivity index (χ3n) is 4.88. The van der Waals surface area contributed by atoms with E-state index in [-0.39, 0.29) is 37.3 Å². The molecular formula is C28H27O4S2+. The van der Waals surface area contributed by atoms with Gasteiger partial charge in [-0.25, -0.2) is 0 Å². The molecular weight excluding hydrogens is 464 g/mol. The fraction of sp³-hybridized carbons (Fsp3) is 0.143. The molecule has 4 aromatic carbocycles. The van der Waals surface area contributed by atoms with Gasteiger partial charge in [-0.05, 0) is 84.9 Å². The monoisotopic (exact) mass is 491 g/mol. The molecule has 0 atom stereocenters. The standard InChI is InChI=1S/C28H27O4S2/c29-18-20-31-22-6-12-26(13-7-22)34(27-14-8-23(9-15-27)32-21-19-30)28-16-10-25(11-17-28)33-24-4-2-1-3-5-24/h1-17,29-30H,18-21H2/q+1. The van der Waals surface area contributed by atoms with E-state index in [1.165, 1.54) is 24.5 Å². The largest absolute Gasteiger partial charge is 0.491 e. The van der Waals surface area contributed by atoms with Gasteiger partial charge in [-0.1, -0.05) is 30.0 Å². The number of ether oxygens (including phenoxy) is 2. The van der Waals surface area contributed by atoms with Gasteiger partial charge in [0.1, 0.15) is 24.7 Å². The van der Waals surface area contributed by atoms with Gasteiger partial charge in [0.25, 0.3) is 0 Å². The maximum Gasteiger partial charge on any atom is 0.166 e. The third-order valence-corrected chi connectivity index (χ3v) is 8.12. The Morgan fingerprint density at radius 2 is 0.941 bits per heavy atom. The third kappa shape index (κ3) is 6.58. The summed E-state index contributed by atoms with van der Waals surface area (Å²) in [4.78, 5) is 5.96. The molecule has 174 valence electrons. The van der Waals surface area contributed by atoms with Crippen molar-refractivity contribution in [3.63, 3.8) is 0 Å². The summed E-state index contributed by atoms with van der Waals surface area (Å²) in [5.74, 6) is 1.48. The Morgan fingerprint density at radius 3 is 1.38 bits per heavy atom. The van der Waals surface area contributed by atoms with E-state index in [1.54, 1.807) is 11.8 Å². The average Bonchev–Trinajstić information content (AvgIpc) is 2.89. The molecule has 0 aliphatic heterocycles. The summed E-state index contributed by atoms with van der Waals surface area (Å²) in [5, 5.41) is 18.0. The number of aliphatic hydroxyl groups is 2. The van der Waals surface area contributed by atoms with Crippen LogP contribution >= 0.6 is 11.8 Å². The van der Waals surface area contributed by atoms with E-state index < -0.39 is 0 Å². The predicted octanol–water partition coefficient (Wildman–Crippen LogP) is 5.68. The van der Waals surface area contributed by atoms with Crippen molar-refractivity contribution in [1.29, 1.82) is 0 Å². The lowest BCUT2D eigenvalue weighted by Crippen LogP contribution is -2.06. The van der Waals surface area contributed by atoms with Crippen molar-refractivity contribution < 1.29 is 19.7 Å². The predicted molar refractivity (Wildman–Crippen MR) is 137 cm³/mol. The maximum atomic E-state index is 9.01. The molecule has 4 rings (SSSR count). The van der Waals surface area contributed by atoms with Crippen LogP contribution in [0, 0.1) is 0 Å². The first-order valence-corrected chi connectivity index (χ1v) is 13.1. The van der Waals surface area contributed by atoms with E-state index in [4.69, 9.17) is 19.7 Å². The molecule has 0 aliphatic carbocycles.